The number of methoxy groups -OCH3 is 1. The Bertz CT molecular complexity index is 895. The van der Waals surface area contributed by atoms with E-state index in [1.807, 2.05) is 6.92 Å². The number of nitrogens with one attached hydrogen (secondary N) is 1. The molecule has 1 aromatic carbocycles. The van der Waals surface area contributed by atoms with Crippen molar-refractivity contribution < 1.29 is 14.3 Å². The predicted molar refractivity (Wildman–Crippen MR) is 110 cm³/mol. The molecule has 1 heterocycles. The Morgan fingerprint density at radius 3 is 2.61 bits per heavy atom. The molecule has 1 N–H and O–H groups in total. The number of carbonyl (C=O) groups excluding carboxylic acids is 2. The van der Waals surface area contributed by atoms with E-state index in [9.17, 15) is 14.4 Å². The highest BCUT2D eigenvalue weighted by atomic mass is 32.2. The second kappa shape index (κ2) is 10.3. The number of amides is 1. The van der Waals surface area contributed by atoms with Gasteiger partial charge in [0.2, 0.25) is 5.91 Å². The summed E-state index contributed by atoms with van der Waals surface area (Å²) in [6.45, 7) is 6.03. The molecule has 1 aromatic heterocycles. The first-order valence-corrected chi connectivity index (χ1v) is 10.3. The van der Waals surface area contributed by atoms with Crippen molar-refractivity contribution in [3.63, 3.8) is 0 Å². The van der Waals surface area contributed by atoms with Crippen LogP contribution >= 0.6 is 11.8 Å². The summed E-state index contributed by atoms with van der Waals surface area (Å²) in [5.74, 6) is 0.0159. The maximum Gasteiger partial charge on any atom is 0.325 e. The van der Waals surface area contributed by atoms with E-state index in [2.05, 4.69) is 28.9 Å². The zero-order valence-corrected chi connectivity index (χ0v) is 17.5. The second-order valence-corrected chi connectivity index (χ2v) is 8.05. The number of hydrogen-bond acceptors (Lipinski definition) is 6. The van der Waals surface area contributed by atoms with Gasteiger partial charge in [0.25, 0.3) is 5.56 Å². The molecule has 0 aliphatic carbocycles. The second-order valence-electron chi connectivity index (χ2n) is 7.11. The van der Waals surface area contributed by atoms with Crippen molar-refractivity contribution in [2.45, 2.75) is 51.4 Å². The van der Waals surface area contributed by atoms with Crippen molar-refractivity contribution in [2.75, 3.05) is 12.9 Å². The molecule has 0 aliphatic heterocycles. The molecule has 7 nitrogen and oxygen atoms in total. The summed E-state index contributed by atoms with van der Waals surface area (Å²) in [5.41, 5.74) is 0.200. The summed E-state index contributed by atoms with van der Waals surface area (Å²) in [4.78, 5) is 41.3. The molecular formula is C20H27N3O4S. The third-order valence-electron chi connectivity index (χ3n) is 4.26. The Morgan fingerprint density at radius 2 is 1.93 bits per heavy atom. The van der Waals surface area contributed by atoms with E-state index in [0.29, 0.717) is 22.0 Å². The topological polar surface area (TPSA) is 90.3 Å². The number of fused-ring (bicyclic) bond motifs is 1. The molecule has 0 bridgehead atoms. The van der Waals surface area contributed by atoms with Crippen LogP contribution < -0.4 is 10.9 Å². The fraction of sp³-hybridized carbons (Fsp3) is 0.500. The third-order valence-corrected chi connectivity index (χ3v) is 5.23. The molecule has 1 amide bonds. The first-order chi connectivity index (χ1) is 13.3. The third kappa shape index (κ3) is 6.09. The highest BCUT2D eigenvalue weighted by Gasteiger charge is 2.16. The Labute approximate surface area is 168 Å². The number of benzene rings is 1. The van der Waals surface area contributed by atoms with E-state index in [0.717, 1.165) is 24.6 Å². The Morgan fingerprint density at radius 1 is 1.21 bits per heavy atom. The number of nitrogens with zero attached hydrogens (tertiary/aromatic N) is 2. The zero-order chi connectivity index (χ0) is 20.7. The lowest BCUT2D eigenvalue weighted by Gasteiger charge is -2.15. The normalized spacial score (nSPS) is 12.2. The van der Waals surface area contributed by atoms with Crippen molar-refractivity contribution in [1.29, 1.82) is 0 Å². The first-order valence-electron chi connectivity index (χ1n) is 9.30. The van der Waals surface area contributed by atoms with Crippen LogP contribution in [-0.4, -0.2) is 40.3 Å². The van der Waals surface area contributed by atoms with E-state index in [4.69, 9.17) is 0 Å². The van der Waals surface area contributed by atoms with Gasteiger partial charge in [-0.05, 0) is 37.8 Å². The van der Waals surface area contributed by atoms with Gasteiger partial charge in [-0.1, -0.05) is 37.7 Å². The lowest BCUT2D eigenvalue weighted by atomic mass is 10.0. The molecule has 0 fully saturated rings. The Balaban J connectivity index is 2.16. The van der Waals surface area contributed by atoms with E-state index in [1.54, 1.807) is 24.3 Å². The largest absolute Gasteiger partial charge is 0.468 e. The first kappa shape index (κ1) is 21.9. The summed E-state index contributed by atoms with van der Waals surface area (Å²) in [7, 11) is 1.26. The van der Waals surface area contributed by atoms with E-state index in [-0.39, 0.29) is 29.8 Å². The SMILES string of the molecule is COC(=O)Cn1c(SCC(=O)N[C@@H](C)CCC(C)C)nc2ccccc2c1=O. The van der Waals surface area contributed by atoms with E-state index >= 15 is 0 Å². The van der Waals surface area contributed by atoms with Crippen LogP contribution in [0.3, 0.4) is 0 Å². The van der Waals surface area contributed by atoms with Crippen molar-refractivity contribution in [3.05, 3.63) is 34.6 Å². The number of ether oxygens (including phenoxy) is 1. The number of rotatable bonds is 9. The maximum absolute atomic E-state index is 12.8. The van der Waals surface area contributed by atoms with Crippen molar-refractivity contribution >= 4 is 34.5 Å². The molecule has 8 heteroatoms. The molecule has 0 spiro atoms. The van der Waals surface area contributed by atoms with E-state index in [1.165, 1.54) is 11.7 Å². The van der Waals surface area contributed by atoms with Gasteiger partial charge in [0, 0.05) is 6.04 Å². The van der Waals surface area contributed by atoms with Gasteiger partial charge in [0.05, 0.1) is 23.8 Å². The van der Waals surface area contributed by atoms with Gasteiger partial charge in [-0.2, -0.15) is 0 Å². The van der Waals surface area contributed by atoms with Gasteiger partial charge in [0.15, 0.2) is 5.16 Å². The number of hydrogen-bond donors (Lipinski definition) is 1. The van der Waals surface area contributed by atoms with Crippen LogP contribution in [0.4, 0.5) is 0 Å². The molecule has 28 heavy (non-hydrogen) atoms. The molecule has 0 aliphatic rings. The Kier molecular flexibility index (Phi) is 8.04. The fourth-order valence-electron chi connectivity index (χ4n) is 2.69. The van der Waals surface area contributed by atoms with Crippen molar-refractivity contribution in [3.8, 4) is 0 Å². The highest BCUT2D eigenvalue weighted by Crippen LogP contribution is 2.18. The number of para-hydroxylation sites is 1. The van der Waals surface area contributed by atoms with Crippen LogP contribution in [0.25, 0.3) is 10.9 Å². The predicted octanol–water partition coefficient (Wildman–Crippen LogP) is 2.60. The number of aromatic nitrogens is 2. The Hall–Kier alpha value is -2.35. The zero-order valence-electron chi connectivity index (χ0n) is 16.7. The summed E-state index contributed by atoms with van der Waals surface area (Å²) < 4.78 is 5.94. The summed E-state index contributed by atoms with van der Waals surface area (Å²) in [6, 6.07) is 7.01. The van der Waals surface area contributed by atoms with Crippen LogP contribution in [0.2, 0.25) is 0 Å². The van der Waals surface area contributed by atoms with Gasteiger partial charge in [-0.3, -0.25) is 19.0 Å². The minimum atomic E-state index is -0.548. The molecule has 0 saturated carbocycles. The summed E-state index contributed by atoms with van der Waals surface area (Å²) in [5, 5.41) is 3.70. The minimum Gasteiger partial charge on any atom is -0.468 e. The van der Waals surface area contributed by atoms with Crippen LogP contribution in [0.5, 0.6) is 0 Å². The monoisotopic (exact) mass is 405 g/mol. The summed E-state index contributed by atoms with van der Waals surface area (Å²) >= 11 is 1.14. The van der Waals surface area contributed by atoms with Gasteiger partial charge in [0.1, 0.15) is 6.54 Å². The lowest BCUT2D eigenvalue weighted by molar-refractivity contribution is -0.141. The molecule has 152 valence electrons. The minimum absolute atomic E-state index is 0.0809. The van der Waals surface area contributed by atoms with Gasteiger partial charge >= 0.3 is 5.97 Å². The number of esters is 1. The van der Waals surface area contributed by atoms with Crippen molar-refractivity contribution in [1.82, 2.24) is 14.9 Å². The molecule has 2 aromatic rings. The quantitative estimate of drug-likeness (QED) is 0.392. The highest BCUT2D eigenvalue weighted by molar-refractivity contribution is 7.99. The standard InChI is InChI=1S/C20H27N3O4S/c1-13(2)9-10-14(3)21-17(24)12-28-20-22-16-8-6-5-7-15(16)19(26)23(20)11-18(25)27-4/h5-8,13-14H,9-12H2,1-4H3,(H,21,24)/t14-/m0/s1. The average molecular weight is 406 g/mol. The molecule has 0 radical (unpaired) electrons. The van der Waals surface area contributed by atoms with Gasteiger partial charge in [-0.15, -0.1) is 0 Å². The van der Waals surface area contributed by atoms with Gasteiger partial charge < -0.3 is 10.1 Å². The smallest absolute Gasteiger partial charge is 0.325 e. The molecule has 0 unspecified atom stereocenters. The summed E-state index contributed by atoms with van der Waals surface area (Å²) in [6.07, 6.45) is 1.95. The number of carbonyl (C=O) groups is 2. The van der Waals surface area contributed by atoms with Crippen LogP contribution in [0.1, 0.15) is 33.6 Å². The van der Waals surface area contributed by atoms with E-state index < -0.39 is 5.97 Å². The molecule has 1 atom stereocenters. The molecule has 0 saturated heterocycles. The average Bonchev–Trinajstić information content (AvgIpc) is 2.67. The maximum atomic E-state index is 12.8. The lowest BCUT2D eigenvalue weighted by Crippen LogP contribution is -2.34. The fourth-order valence-corrected chi connectivity index (χ4v) is 3.50. The molecule has 2 rings (SSSR count). The van der Waals surface area contributed by atoms with Gasteiger partial charge in [-0.25, -0.2) is 4.98 Å². The van der Waals surface area contributed by atoms with Crippen molar-refractivity contribution in [2.24, 2.45) is 5.92 Å². The van der Waals surface area contributed by atoms with Crippen LogP contribution in [-0.2, 0) is 20.9 Å². The molecular weight excluding hydrogens is 378 g/mol. The van der Waals surface area contributed by atoms with Crippen LogP contribution in [0, 0.1) is 5.92 Å². The van der Waals surface area contributed by atoms with Crippen LogP contribution in [0.15, 0.2) is 34.2 Å². The number of thioether (sulfide) groups is 1.